The van der Waals surface area contributed by atoms with Crippen LogP contribution >= 0.6 is 0 Å². The summed E-state index contributed by atoms with van der Waals surface area (Å²) in [6.07, 6.45) is 9.57. The summed E-state index contributed by atoms with van der Waals surface area (Å²) in [5.74, 6) is 0.340. The lowest BCUT2D eigenvalue weighted by atomic mass is 9.95. The average Bonchev–Trinajstić information content (AvgIpc) is 2.56. The van der Waals surface area contributed by atoms with Crippen molar-refractivity contribution in [2.24, 2.45) is 0 Å². The molecule has 1 amide bonds. The van der Waals surface area contributed by atoms with Crippen LogP contribution in [0.5, 0.6) is 0 Å². The van der Waals surface area contributed by atoms with Gasteiger partial charge in [-0.05, 0) is 25.3 Å². The highest BCUT2D eigenvalue weighted by molar-refractivity contribution is 7.86. The number of carbonyl (C=O) groups excluding carboxylic acids is 1. The molecule has 0 spiro atoms. The maximum atomic E-state index is 12.2. The molecule has 1 aromatic rings. The molecule has 2 atom stereocenters. The van der Waals surface area contributed by atoms with Gasteiger partial charge < -0.3 is 5.32 Å². The monoisotopic (exact) mass is 319 g/mol. The molecule has 1 saturated carbocycles. The maximum absolute atomic E-state index is 12.2. The minimum absolute atomic E-state index is 0.0710. The second-order valence-electron chi connectivity index (χ2n) is 5.85. The second-order valence-corrected chi connectivity index (χ2v) is 7.65. The summed E-state index contributed by atoms with van der Waals surface area (Å²) < 4.78 is 12.2. The highest BCUT2D eigenvalue weighted by Gasteiger charge is 2.22. The van der Waals surface area contributed by atoms with Gasteiger partial charge in [-0.3, -0.25) is 9.00 Å². The van der Waals surface area contributed by atoms with Gasteiger partial charge in [-0.25, -0.2) is 0 Å². The SMILES string of the molecule is CC(C(=O)NC1CCCCC1)S(=O)C/C=C/c1ccccc1. The third-order valence-corrected chi connectivity index (χ3v) is 5.61. The van der Waals surface area contributed by atoms with E-state index >= 15 is 0 Å². The van der Waals surface area contributed by atoms with E-state index in [1.807, 2.05) is 42.5 Å². The summed E-state index contributed by atoms with van der Waals surface area (Å²) in [4.78, 5) is 12.2. The molecule has 22 heavy (non-hydrogen) atoms. The molecule has 0 radical (unpaired) electrons. The maximum Gasteiger partial charge on any atom is 0.235 e. The Morgan fingerprint density at radius 2 is 1.95 bits per heavy atom. The zero-order chi connectivity index (χ0) is 15.8. The van der Waals surface area contributed by atoms with Crippen molar-refractivity contribution < 1.29 is 9.00 Å². The number of nitrogens with one attached hydrogen (secondary N) is 1. The molecule has 0 heterocycles. The van der Waals surface area contributed by atoms with E-state index in [1.54, 1.807) is 6.92 Å². The number of amides is 1. The van der Waals surface area contributed by atoms with Crippen LogP contribution in [-0.4, -0.2) is 27.2 Å². The van der Waals surface area contributed by atoms with Crippen molar-refractivity contribution in [2.75, 3.05) is 5.75 Å². The Morgan fingerprint density at radius 3 is 2.64 bits per heavy atom. The molecule has 0 saturated heterocycles. The minimum Gasteiger partial charge on any atom is -0.352 e. The van der Waals surface area contributed by atoms with Crippen molar-refractivity contribution in [3.05, 3.63) is 42.0 Å². The Morgan fingerprint density at radius 1 is 1.27 bits per heavy atom. The summed E-state index contributed by atoms with van der Waals surface area (Å²) in [6.45, 7) is 1.75. The van der Waals surface area contributed by atoms with E-state index in [1.165, 1.54) is 19.3 Å². The van der Waals surface area contributed by atoms with E-state index in [0.29, 0.717) is 5.75 Å². The molecule has 3 nitrogen and oxygen atoms in total. The lowest BCUT2D eigenvalue weighted by molar-refractivity contribution is -0.121. The van der Waals surface area contributed by atoms with Gasteiger partial charge in [-0.1, -0.05) is 61.7 Å². The Labute approximate surface area is 135 Å². The minimum atomic E-state index is -1.17. The first-order valence-corrected chi connectivity index (χ1v) is 9.44. The summed E-state index contributed by atoms with van der Waals surface area (Å²) in [7, 11) is -1.17. The highest BCUT2D eigenvalue weighted by Crippen LogP contribution is 2.17. The van der Waals surface area contributed by atoms with Gasteiger partial charge in [0.1, 0.15) is 5.25 Å². The van der Waals surface area contributed by atoms with E-state index in [4.69, 9.17) is 0 Å². The topological polar surface area (TPSA) is 46.2 Å². The molecule has 0 bridgehead atoms. The molecule has 1 N–H and O–H groups in total. The highest BCUT2D eigenvalue weighted by atomic mass is 32.2. The summed E-state index contributed by atoms with van der Waals surface area (Å²) in [6, 6.07) is 10.2. The number of carbonyl (C=O) groups is 1. The van der Waals surface area contributed by atoms with E-state index in [0.717, 1.165) is 18.4 Å². The van der Waals surface area contributed by atoms with Crippen LogP contribution in [0.15, 0.2) is 36.4 Å². The van der Waals surface area contributed by atoms with Crippen LogP contribution in [0.3, 0.4) is 0 Å². The fraction of sp³-hybridized carbons (Fsp3) is 0.500. The predicted octanol–water partition coefficient (Wildman–Crippen LogP) is 3.29. The normalized spacial score (nSPS) is 19.0. The van der Waals surface area contributed by atoms with Crippen LogP contribution in [0.2, 0.25) is 0 Å². The Kier molecular flexibility index (Phi) is 6.84. The fourth-order valence-corrected chi connectivity index (χ4v) is 3.55. The molecule has 1 aromatic carbocycles. The third-order valence-electron chi connectivity index (χ3n) is 4.09. The number of hydrogen-bond donors (Lipinski definition) is 1. The molecule has 2 rings (SSSR count). The van der Waals surface area contributed by atoms with Gasteiger partial charge in [-0.15, -0.1) is 0 Å². The predicted molar refractivity (Wildman–Crippen MR) is 93.0 cm³/mol. The zero-order valence-electron chi connectivity index (χ0n) is 13.2. The molecule has 4 heteroatoms. The second kappa shape index (κ2) is 8.89. The molecule has 1 aliphatic carbocycles. The first-order valence-electron chi connectivity index (χ1n) is 8.06. The van der Waals surface area contributed by atoms with Crippen LogP contribution in [0.25, 0.3) is 6.08 Å². The third kappa shape index (κ3) is 5.41. The Bertz CT molecular complexity index is 521. The lowest BCUT2D eigenvalue weighted by Crippen LogP contribution is -2.43. The van der Waals surface area contributed by atoms with Gasteiger partial charge in [0.25, 0.3) is 0 Å². The van der Waals surface area contributed by atoms with Gasteiger partial charge in [0.15, 0.2) is 0 Å². The molecular weight excluding hydrogens is 294 g/mol. The van der Waals surface area contributed by atoms with Gasteiger partial charge in [0.05, 0.1) is 0 Å². The number of hydrogen-bond acceptors (Lipinski definition) is 2. The van der Waals surface area contributed by atoms with Gasteiger partial charge in [-0.2, -0.15) is 0 Å². The van der Waals surface area contributed by atoms with E-state index in [-0.39, 0.29) is 11.9 Å². The van der Waals surface area contributed by atoms with Gasteiger partial charge in [0, 0.05) is 22.6 Å². The molecule has 120 valence electrons. The molecular formula is C18H25NO2S. The van der Waals surface area contributed by atoms with Crippen molar-refractivity contribution in [1.82, 2.24) is 5.32 Å². The van der Waals surface area contributed by atoms with Crippen molar-refractivity contribution in [3.8, 4) is 0 Å². The van der Waals surface area contributed by atoms with Crippen LogP contribution < -0.4 is 5.32 Å². The lowest BCUT2D eigenvalue weighted by Gasteiger charge is -2.24. The van der Waals surface area contributed by atoms with Crippen LogP contribution in [0.1, 0.15) is 44.6 Å². The molecule has 0 aliphatic heterocycles. The van der Waals surface area contributed by atoms with Crippen LogP contribution in [0.4, 0.5) is 0 Å². The van der Waals surface area contributed by atoms with Gasteiger partial charge >= 0.3 is 0 Å². The Hall–Kier alpha value is -1.42. The number of benzene rings is 1. The van der Waals surface area contributed by atoms with E-state index in [2.05, 4.69) is 5.32 Å². The largest absolute Gasteiger partial charge is 0.352 e. The first kappa shape index (κ1) is 16.9. The van der Waals surface area contributed by atoms with Crippen molar-refractivity contribution in [2.45, 2.75) is 50.3 Å². The van der Waals surface area contributed by atoms with Crippen LogP contribution in [-0.2, 0) is 15.6 Å². The first-order chi connectivity index (χ1) is 10.7. The quantitative estimate of drug-likeness (QED) is 0.874. The van der Waals surface area contributed by atoms with Gasteiger partial charge in [0.2, 0.25) is 5.91 Å². The molecule has 1 aliphatic rings. The van der Waals surface area contributed by atoms with Crippen LogP contribution in [0, 0.1) is 0 Å². The molecule has 0 aromatic heterocycles. The fourth-order valence-electron chi connectivity index (χ4n) is 2.67. The Balaban J connectivity index is 1.78. The van der Waals surface area contributed by atoms with E-state index in [9.17, 15) is 9.00 Å². The van der Waals surface area contributed by atoms with Crippen molar-refractivity contribution in [3.63, 3.8) is 0 Å². The molecule has 2 unspecified atom stereocenters. The van der Waals surface area contributed by atoms with Crippen molar-refractivity contribution >= 4 is 22.8 Å². The zero-order valence-corrected chi connectivity index (χ0v) is 14.0. The summed E-state index contributed by atoms with van der Waals surface area (Å²) in [5, 5.41) is 2.60. The summed E-state index contributed by atoms with van der Waals surface area (Å²) >= 11 is 0. The smallest absolute Gasteiger partial charge is 0.235 e. The van der Waals surface area contributed by atoms with Crippen molar-refractivity contribution in [1.29, 1.82) is 0 Å². The molecule has 1 fully saturated rings. The van der Waals surface area contributed by atoms with E-state index < -0.39 is 16.0 Å². The average molecular weight is 319 g/mol. The standard InChI is InChI=1S/C18H25NO2S/c1-15(18(20)19-17-12-6-3-7-13-17)22(21)14-8-11-16-9-4-2-5-10-16/h2,4-5,8-11,15,17H,3,6-7,12-14H2,1H3,(H,19,20)/b11-8+. The number of rotatable bonds is 6. The summed E-state index contributed by atoms with van der Waals surface area (Å²) in [5.41, 5.74) is 1.08.